The van der Waals surface area contributed by atoms with Gasteiger partial charge in [0.1, 0.15) is 22.9 Å². The van der Waals surface area contributed by atoms with Gasteiger partial charge in [0, 0.05) is 17.9 Å². The molecule has 0 unspecified atom stereocenters. The third kappa shape index (κ3) is 5.12. The van der Waals surface area contributed by atoms with Crippen molar-refractivity contribution in [2.45, 2.75) is 24.0 Å². The summed E-state index contributed by atoms with van der Waals surface area (Å²) in [7, 11) is 1.55. The van der Waals surface area contributed by atoms with Gasteiger partial charge >= 0.3 is 18.1 Å². The van der Waals surface area contributed by atoms with E-state index in [0.29, 0.717) is 41.3 Å². The van der Waals surface area contributed by atoms with Crippen molar-refractivity contribution < 1.29 is 47.3 Å². The number of aliphatic carboxylic acids is 2. The van der Waals surface area contributed by atoms with Gasteiger partial charge in [-0.2, -0.15) is 13.2 Å². The Morgan fingerprint density at radius 1 is 1.23 bits per heavy atom. The van der Waals surface area contributed by atoms with Crippen LogP contribution in [-0.4, -0.2) is 75.9 Å². The molecule has 10 nitrogen and oxygen atoms in total. The second-order valence-electron chi connectivity index (χ2n) is 7.47. The van der Waals surface area contributed by atoms with E-state index in [0.717, 1.165) is 0 Å². The first-order chi connectivity index (χ1) is 16.4. The normalized spacial score (nSPS) is 22.9. The summed E-state index contributed by atoms with van der Waals surface area (Å²) < 4.78 is 37.1. The third-order valence-electron chi connectivity index (χ3n) is 5.33. The van der Waals surface area contributed by atoms with Crippen molar-refractivity contribution in [2.24, 2.45) is 5.73 Å². The number of nitrogens with two attached hydrogens (primary N) is 1. The molecule has 1 aromatic rings. The van der Waals surface area contributed by atoms with Crippen LogP contribution in [0.5, 0.6) is 5.75 Å². The number of carbonyl (C=O) groups is 4. The van der Waals surface area contributed by atoms with Crippen LogP contribution in [0.4, 0.5) is 18.9 Å². The number of amides is 2. The van der Waals surface area contributed by atoms with Crippen molar-refractivity contribution in [3.8, 4) is 5.75 Å². The fourth-order valence-corrected chi connectivity index (χ4v) is 4.94. The number of anilines is 1. The SMILES string of the molecule is COc1ccccc1N1CCC(=CC2=C(C(=O)O)N3C(=O)[C@@H](N)[C@H]3SC2)C1=O.O=C(O)C(F)(F)F. The van der Waals surface area contributed by atoms with Crippen LogP contribution in [0.15, 0.2) is 47.2 Å². The lowest BCUT2D eigenvalue weighted by Crippen LogP contribution is -2.68. The molecule has 0 aliphatic carbocycles. The van der Waals surface area contributed by atoms with Crippen LogP contribution in [0.2, 0.25) is 0 Å². The first kappa shape index (κ1) is 26.1. The summed E-state index contributed by atoms with van der Waals surface area (Å²) in [5.74, 6) is -3.56. The molecule has 0 radical (unpaired) electrons. The van der Waals surface area contributed by atoms with Crippen molar-refractivity contribution in [2.75, 3.05) is 24.3 Å². The smallest absolute Gasteiger partial charge is 0.490 e. The number of nitrogens with zero attached hydrogens (tertiary/aromatic N) is 2. The monoisotopic (exact) mass is 515 g/mol. The highest BCUT2D eigenvalue weighted by Gasteiger charge is 2.51. The van der Waals surface area contributed by atoms with Crippen LogP contribution in [0.25, 0.3) is 0 Å². The Morgan fingerprint density at radius 2 is 1.86 bits per heavy atom. The van der Waals surface area contributed by atoms with Gasteiger partial charge in [-0.25, -0.2) is 9.59 Å². The average molecular weight is 515 g/mol. The minimum Gasteiger partial charge on any atom is -0.495 e. The number of halogens is 3. The van der Waals surface area contributed by atoms with Gasteiger partial charge in [0.25, 0.3) is 5.91 Å². The second kappa shape index (κ2) is 10.00. The summed E-state index contributed by atoms with van der Waals surface area (Å²) >= 11 is 1.41. The van der Waals surface area contributed by atoms with E-state index in [1.165, 1.54) is 16.7 Å². The van der Waals surface area contributed by atoms with Gasteiger partial charge < -0.3 is 25.6 Å². The first-order valence-corrected chi connectivity index (χ1v) is 11.1. The van der Waals surface area contributed by atoms with Crippen LogP contribution < -0.4 is 15.4 Å². The van der Waals surface area contributed by atoms with E-state index < -0.39 is 30.1 Å². The Hall–Kier alpha value is -3.52. The number of hydrogen-bond donors (Lipinski definition) is 3. The Morgan fingerprint density at radius 3 is 2.43 bits per heavy atom. The van der Waals surface area contributed by atoms with Crippen LogP contribution >= 0.6 is 11.8 Å². The van der Waals surface area contributed by atoms with Crippen LogP contribution in [0.1, 0.15) is 6.42 Å². The van der Waals surface area contributed by atoms with E-state index in [4.69, 9.17) is 20.4 Å². The van der Waals surface area contributed by atoms with Gasteiger partial charge in [-0.15, -0.1) is 11.8 Å². The lowest BCUT2D eigenvalue weighted by molar-refractivity contribution is -0.192. The molecule has 2 atom stereocenters. The van der Waals surface area contributed by atoms with Gasteiger partial charge in [0.15, 0.2) is 0 Å². The number of carboxylic acid groups (broad SMARTS) is 2. The molecule has 0 aromatic heterocycles. The fraction of sp³-hybridized carbons (Fsp3) is 0.333. The molecule has 4 rings (SSSR count). The highest BCUT2D eigenvalue weighted by Crippen LogP contribution is 2.41. The quantitative estimate of drug-likeness (QED) is 0.401. The van der Waals surface area contributed by atoms with E-state index in [1.54, 1.807) is 24.2 Å². The summed E-state index contributed by atoms with van der Waals surface area (Å²) in [5, 5.41) is 16.4. The van der Waals surface area contributed by atoms with E-state index in [1.807, 2.05) is 18.2 Å². The second-order valence-corrected chi connectivity index (χ2v) is 8.57. The lowest BCUT2D eigenvalue weighted by Gasteiger charge is -2.47. The maximum atomic E-state index is 12.9. The fourth-order valence-electron chi connectivity index (χ4n) is 3.69. The maximum Gasteiger partial charge on any atom is 0.490 e. The van der Waals surface area contributed by atoms with Crippen molar-refractivity contribution in [1.29, 1.82) is 0 Å². The predicted octanol–water partition coefficient (Wildman–Crippen LogP) is 1.57. The predicted molar refractivity (Wildman–Crippen MR) is 117 cm³/mol. The Kier molecular flexibility index (Phi) is 7.45. The van der Waals surface area contributed by atoms with E-state index in [-0.39, 0.29) is 17.0 Å². The number of β-lactam (4-membered cyclic amide) rings is 1. The summed E-state index contributed by atoms with van der Waals surface area (Å²) in [6.45, 7) is 0.476. The number of allylic oxidation sites excluding steroid dienone is 1. The summed E-state index contributed by atoms with van der Waals surface area (Å²) in [6, 6.07) is 6.57. The standard InChI is InChI=1S/C19H19N3O5S.C2HF3O2/c1-27-13-5-3-2-4-12(13)21-7-6-10(16(21)23)8-11-9-28-18-14(20)17(24)22(18)15(11)19(25)26;3-2(4,5)1(6)7/h2-5,8,14,18H,6-7,9,20H2,1H3,(H,25,26);(H,6,7)/t14-,18-;/m1./s1. The van der Waals surface area contributed by atoms with E-state index >= 15 is 0 Å². The summed E-state index contributed by atoms with van der Waals surface area (Å²) in [6.07, 6.45) is -2.99. The number of thioether (sulfide) groups is 1. The molecule has 3 aliphatic rings. The largest absolute Gasteiger partial charge is 0.495 e. The molecule has 14 heteroatoms. The van der Waals surface area contributed by atoms with Gasteiger partial charge in [-0.1, -0.05) is 12.1 Å². The molecule has 188 valence electrons. The number of carbonyl (C=O) groups excluding carboxylic acids is 2. The molecule has 0 bridgehead atoms. The van der Waals surface area contributed by atoms with Gasteiger partial charge in [-0.05, 0) is 30.2 Å². The highest BCUT2D eigenvalue weighted by molar-refractivity contribution is 8.00. The molecule has 35 heavy (non-hydrogen) atoms. The number of para-hydroxylation sites is 2. The zero-order chi connectivity index (χ0) is 26.1. The van der Waals surface area contributed by atoms with Crippen LogP contribution in [0, 0.1) is 0 Å². The molecule has 3 heterocycles. The molecule has 2 fully saturated rings. The van der Waals surface area contributed by atoms with Gasteiger partial charge in [-0.3, -0.25) is 14.5 Å². The Balaban J connectivity index is 0.000000429. The van der Waals surface area contributed by atoms with Crippen LogP contribution in [-0.2, 0) is 19.2 Å². The topological polar surface area (TPSA) is 150 Å². The molecule has 1 aromatic carbocycles. The molecule has 0 saturated carbocycles. The number of carboxylic acids is 2. The summed E-state index contributed by atoms with van der Waals surface area (Å²) in [4.78, 5) is 48.5. The molecule has 3 aliphatic heterocycles. The van der Waals surface area contributed by atoms with Crippen molar-refractivity contribution >= 4 is 41.2 Å². The van der Waals surface area contributed by atoms with Crippen LogP contribution in [0.3, 0.4) is 0 Å². The average Bonchev–Trinajstić information content (AvgIpc) is 3.17. The van der Waals surface area contributed by atoms with Crippen molar-refractivity contribution in [1.82, 2.24) is 4.90 Å². The van der Waals surface area contributed by atoms with Gasteiger partial charge in [0.05, 0.1) is 12.8 Å². The molecular formula is C21H20F3N3O7S. The number of methoxy groups -OCH3 is 1. The summed E-state index contributed by atoms with van der Waals surface area (Å²) in [5.41, 5.74) is 7.33. The Bertz CT molecular complexity index is 1140. The lowest BCUT2D eigenvalue weighted by atomic mass is 10.0. The Labute approximate surface area is 200 Å². The van der Waals surface area contributed by atoms with Crippen molar-refractivity contribution in [3.05, 3.63) is 47.2 Å². The number of fused-ring (bicyclic) bond motifs is 1. The highest BCUT2D eigenvalue weighted by atomic mass is 32.2. The molecule has 4 N–H and O–H groups in total. The molecule has 0 spiro atoms. The minimum atomic E-state index is -5.08. The number of alkyl halides is 3. The van der Waals surface area contributed by atoms with E-state index in [9.17, 15) is 32.7 Å². The molecule has 2 saturated heterocycles. The third-order valence-corrected chi connectivity index (χ3v) is 6.66. The number of rotatable bonds is 4. The zero-order valence-electron chi connectivity index (χ0n) is 18.1. The number of benzene rings is 1. The molecular weight excluding hydrogens is 495 g/mol. The zero-order valence-corrected chi connectivity index (χ0v) is 18.9. The molecule has 2 amide bonds. The minimum absolute atomic E-state index is 0.0773. The first-order valence-electron chi connectivity index (χ1n) is 10.0. The van der Waals surface area contributed by atoms with E-state index in [2.05, 4.69) is 0 Å². The number of hydrogen-bond acceptors (Lipinski definition) is 7. The van der Waals surface area contributed by atoms with Crippen molar-refractivity contribution in [3.63, 3.8) is 0 Å². The maximum absolute atomic E-state index is 12.9. The number of ether oxygens (including phenoxy) is 1. The van der Waals surface area contributed by atoms with Gasteiger partial charge in [0.2, 0.25) is 5.91 Å².